The van der Waals surface area contributed by atoms with Crippen molar-refractivity contribution in [1.29, 1.82) is 0 Å². The van der Waals surface area contributed by atoms with Gasteiger partial charge in [-0.15, -0.1) is 0 Å². The number of fused-ring (bicyclic) bond motifs is 4. The fourth-order valence-electron chi connectivity index (χ4n) is 6.17. The van der Waals surface area contributed by atoms with Gasteiger partial charge >= 0.3 is 5.97 Å². The summed E-state index contributed by atoms with van der Waals surface area (Å²) in [6.45, 7) is 9.01. The molecule has 5 rings (SSSR count). The molecule has 5 atom stereocenters. The van der Waals surface area contributed by atoms with Gasteiger partial charge in [-0.25, -0.2) is 0 Å². The van der Waals surface area contributed by atoms with Crippen LogP contribution >= 0.6 is 0 Å². The highest BCUT2D eigenvalue weighted by Crippen LogP contribution is 2.61. The summed E-state index contributed by atoms with van der Waals surface area (Å²) in [5.74, 6) is 0.0493. The number of aliphatic carboxylic acids is 1. The van der Waals surface area contributed by atoms with Crippen molar-refractivity contribution in [3.8, 4) is 5.75 Å². The molecule has 0 saturated heterocycles. The minimum Gasteiger partial charge on any atom is -0.488 e. The predicted octanol–water partition coefficient (Wildman–Crippen LogP) is 4.17. The van der Waals surface area contributed by atoms with Gasteiger partial charge in [0.25, 0.3) is 0 Å². The monoisotopic (exact) mass is 479 g/mol. The molecule has 2 aliphatic carbocycles. The SMILES string of the molecule is Cc1ccc(C(C)OC[C@H](O)CNC(C)(C)CC2Cc3ccccc3C2)c2c1OC1C(C(=O)O)C21. The van der Waals surface area contributed by atoms with Crippen LogP contribution in [0.3, 0.4) is 0 Å². The van der Waals surface area contributed by atoms with Gasteiger partial charge in [-0.05, 0) is 75.1 Å². The molecule has 3 N–H and O–H groups in total. The van der Waals surface area contributed by atoms with Crippen LogP contribution < -0.4 is 10.1 Å². The van der Waals surface area contributed by atoms with E-state index in [1.807, 2.05) is 26.0 Å². The van der Waals surface area contributed by atoms with E-state index < -0.39 is 18.0 Å². The number of ether oxygens (including phenoxy) is 2. The molecule has 188 valence electrons. The van der Waals surface area contributed by atoms with Gasteiger partial charge in [-0.3, -0.25) is 4.79 Å². The third-order valence-corrected chi connectivity index (χ3v) is 7.98. The Morgan fingerprint density at radius 1 is 1.20 bits per heavy atom. The highest BCUT2D eigenvalue weighted by Gasteiger charge is 2.64. The Balaban J connectivity index is 1.12. The summed E-state index contributed by atoms with van der Waals surface area (Å²) in [6, 6.07) is 12.7. The van der Waals surface area contributed by atoms with Crippen molar-refractivity contribution in [1.82, 2.24) is 5.32 Å². The van der Waals surface area contributed by atoms with Gasteiger partial charge in [-0.1, -0.05) is 36.4 Å². The summed E-state index contributed by atoms with van der Waals surface area (Å²) in [5.41, 5.74) is 5.81. The highest BCUT2D eigenvalue weighted by atomic mass is 16.5. The number of benzene rings is 2. The summed E-state index contributed by atoms with van der Waals surface area (Å²) in [4.78, 5) is 11.5. The van der Waals surface area contributed by atoms with Crippen LogP contribution in [0, 0.1) is 18.8 Å². The van der Waals surface area contributed by atoms with Gasteiger partial charge in [0.1, 0.15) is 17.8 Å². The Morgan fingerprint density at radius 2 is 1.89 bits per heavy atom. The maximum atomic E-state index is 11.5. The zero-order valence-corrected chi connectivity index (χ0v) is 21.1. The van der Waals surface area contributed by atoms with E-state index in [1.165, 1.54) is 11.1 Å². The fourth-order valence-corrected chi connectivity index (χ4v) is 6.17. The number of aryl methyl sites for hydroxylation is 1. The van der Waals surface area contributed by atoms with Gasteiger partial charge in [-0.2, -0.15) is 0 Å². The molecular formula is C29H37NO5. The summed E-state index contributed by atoms with van der Waals surface area (Å²) in [6.07, 6.45) is 2.14. The van der Waals surface area contributed by atoms with Crippen molar-refractivity contribution >= 4 is 5.97 Å². The second-order valence-corrected chi connectivity index (χ2v) is 11.3. The number of carboxylic acid groups (broad SMARTS) is 1. The molecular weight excluding hydrogens is 442 g/mol. The van der Waals surface area contributed by atoms with E-state index in [1.54, 1.807) is 0 Å². The second-order valence-electron chi connectivity index (χ2n) is 11.3. The summed E-state index contributed by atoms with van der Waals surface area (Å²) >= 11 is 0. The molecule has 0 radical (unpaired) electrons. The summed E-state index contributed by atoms with van der Waals surface area (Å²) < 4.78 is 12.0. The average Bonchev–Trinajstić information content (AvgIpc) is 3.16. The Labute approximate surface area is 207 Å². The zero-order chi connectivity index (χ0) is 24.9. The molecule has 35 heavy (non-hydrogen) atoms. The van der Waals surface area contributed by atoms with Gasteiger partial charge < -0.3 is 25.0 Å². The number of hydrogen-bond donors (Lipinski definition) is 3. The molecule has 0 aromatic heterocycles. The molecule has 1 saturated carbocycles. The zero-order valence-electron chi connectivity index (χ0n) is 21.1. The molecule has 6 heteroatoms. The van der Waals surface area contributed by atoms with E-state index in [0.29, 0.717) is 12.5 Å². The van der Waals surface area contributed by atoms with Crippen LogP contribution in [0.25, 0.3) is 0 Å². The number of aliphatic hydroxyl groups excluding tert-OH is 1. The molecule has 0 bridgehead atoms. The lowest BCUT2D eigenvalue weighted by atomic mass is 9.88. The third-order valence-electron chi connectivity index (χ3n) is 7.98. The quantitative estimate of drug-likeness (QED) is 0.474. The van der Waals surface area contributed by atoms with Crippen molar-refractivity contribution < 1.29 is 24.5 Å². The molecule has 4 unspecified atom stereocenters. The van der Waals surface area contributed by atoms with Crippen molar-refractivity contribution in [2.45, 2.75) is 76.7 Å². The Hall–Kier alpha value is -2.41. The number of rotatable bonds is 10. The van der Waals surface area contributed by atoms with E-state index in [9.17, 15) is 15.0 Å². The van der Waals surface area contributed by atoms with Crippen LogP contribution in [-0.4, -0.2) is 47.1 Å². The van der Waals surface area contributed by atoms with E-state index in [4.69, 9.17) is 9.47 Å². The van der Waals surface area contributed by atoms with Crippen LogP contribution in [0.15, 0.2) is 36.4 Å². The van der Waals surface area contributed by atoms with Crippen LogP contribution in [0.2, 0.25) is 0 Å². The van der Waals surface area contributed by atoms with E-state index in [2.05, 4.69) is 43.4 Å². The molecule has 0 spiro atoms. The maximum absolute atomic E-state index is 11.5. The average molecular weight is 480 g/mol. The molecule has 6 nitrogen and oxygen atoms in total. The van der Waals surface area contributed by atoms with E-state index in [-0.39, 0.29) is 30.3 Å². The predicted molar refractivity (Wildman–Crippen MR) is 134 cm³/mol. The number of hydrogen-bond acceptors (Lipinski definition) is 5. The lowest BCUT2D eigenvalue weighted by Crippen LogP contribution is -2.45. The Morgan fingerprint density at radius 3 is 2.54 bits per heavy atom. The number of carbonyl (C=O) groups is 1. The van der Waals surface area contributed by atoms with Gasteiger partial charge in [0.2, 0.25) is 0 Å². The van der Waals surface area contributed by atoms with Crippen molar-refractivity contribution in [2.75, 3.05) is 13.2 Å². The number of aliphatic hydroxyl groups is 1. The fraction of sp³-hybridized carbons (Fsp3) is 0.552. The number of nitrogens with one attached hydrogen (secondary N) is 1. The van der Waals surface area contributed by atoms with Crippen LogP contribution in [-0.2, 0) is 22.4 Å². The van der Waals surface area contributed by atoms with Crippen molar-refractivity contribution in [2.24, 2.45) is 11.8 Å². The molecule has 2 aromatic rings. The molecule has 2 aromatic carbocycles. The summed E-state index contributed by atoms with van der Waals surface area (Å²) in [7, 11) is 0. The van der Waals surface area contributed by atoms with Gasteiger partial charge in [0.05, 0.1) is 18.8 Å². The second kappa shape index (κ2) is 9.23. The Bertz CT molecular complexity index is 1090. The lowest BCUT2D eigenvalue weighted by Gasteiger charge is -2.31. The summed E-state index contributed by atoms with van der Waals surface area (Å²) in [5, 5.41) is 23.6. The standard InChI is InChI=1S/C29H37NO5/c1-16-9-10-22(23-24-25(28(32)33)27(24)35-26(16)23)17(2)34-15-21(31)14-30-29(3,4)13-18-11-19-7-5-6-8-20(19)12-18/h5-10,17-18,21,24-25,27,30-31H,11-15H2,1-4H3,(H,32,33)/t17?,21-,24?,25?,27?/m1/s1. The van der Waals surface area contributed by atoms with E-state index in [0.717, 1.165) is 41.7 Å². The maximum Gasteiger partial charge on any atom is 0.311 e. The minimum atomic E-state index is -0.808. The van der Waals surface area contributed by atoms with Gasteiger partial charge in [0.15, 0.2) is 0 Å². The number of β-amino-alcohol motifs (C(OH)–C–C–N with tert-alkyl or cyclic N) is 1. The smallest absolute Gasteiger partial charge is 0.311 e. The molecule has 1 fully saturated rings. The first-order valence-electron chi connectivity index (χ1n) is 12.8. The molecule has 3 aliphatic rings. The first-order chi connectivity index (χ1) is 16.6. The topological polar surface area (TPSA) is 88.0 Å². The molecule has 0 amide bonds. The third kappa shape index (κ3) is 4.84. The van der Waals surface area contributed by atoms with E-state index >= 15 is 0 Å². The molecule has 1 heterocycles. The van der Waals surface area contributed by atoms with Gasteiger partial charge in [0, 0.05) is 23.6 Å². The van der Waals surface area contributed by atoms with Crippen LogP contribution in [0.4, 0.5) is 0 Å². The molecule has 1 aliphatic heterocycles. The van der Waals surface area contributed by atoms with Crippen molar-refractivity contribution in [3.05, 3.63) is 64.2 Å². The van der Waals surface area contributed by atoms with Crippen LogP contribution in [0.5, 0.6) is 5.75 Å². The lowest BCUT2D eigenvalue weighted by molar-refractivity contribution is -0.139. The number of carboxylic acids is 1. The highest BCUT2D eigenvalue weighted by molar-refractivity contribution is 5.79. The first kappa shape index (κ1) is 24.3. The minimum absolute atomic E-state index is 0.0821. The Kier molecular flexibility index (Phi) is 6.41. The van der Waals surface area contributed by atoms with Crippen molar-refractivity contribution in [3.63, 3.8) is 0 Å². The van der Waals surface area contributed by atoms with Crippen LogP contribution in [0.1, 0.15) is 67.0 Å². The largest absolute Gasteiger partial charge is 0.488 e. The normalized spacial score (nSPS) is 24.3. The first-order valence-corrected chi connectivity index (χ1v) is 12.8.